The summed E-state index contributed by atoms with van der Waals surface area (Å²) in [7, 11) is 0. The minimum atomic E-state index is -1.00. The van der Waals surface area contributed by atoms with Gasteiger partial charge in [0.1, 0.15) is 5.76 Å². The van der Waals surface area contributed by atoms with E-state index in [1.165, 1.54) is 6.92 Å². The fourth-order valence-corrected chi connectivity index (χ4v) is 2.04. The third kappa shape index (κ3) is 3.05. The molecule has 3 aromatic rings. The molecular formula is C15H14N4O4. The molecule has 8 nitrogen and oxygen atoms in total. The van der Waals surface area contributed by atoms with Crippen LogP contribution in [0.5, 0.6) is 0 Å². The van der Waals surface area contributed by atoms with Gasteiger partial charge in [-0.25, -0.2) is 4.79 Å². The highest BCUT2D eigenvalue weighted by molar-refractivity contribution is 6.03. The number of nitrogens with zero attached hydrogens (tertiary/aromatic N) is 2. The first-order chi connectivity index (χ1) is 11.0. The molecule has 1 aromatic carbocycles. The molecule has 0 saturated heterocycles. The monoisotopic (exact) mass is 314 g/mol. The van der Waals surface area contributed by atoms with Crippen LogP contribution in [-0.2, 0) is 9.53 Å². The Kier molecular flexibility index (Phi) is 3.80. The Morgan fingerprint density at radius 1 is 1.35 bits per heavy atom. The SMILES string of the molecule is Cc1cc(NC(=O)[C@@H](C)OC(=O)c2n[nH]c3ccccc23)no1. The largest absolute Gasteiger partial charge is 0.448 e. The van der Waals surface area contributed by atoms with E-state index in [9.17, 15) is 9.59 Å². The number of carbonyl (C=O) groups excluding carboxylic acids is 2. The number of anilines is 1. The molecule has 0 spiro atoms. The number of amides is 1. The molecule has 0 fully saturated rings. The summed E-state index contributed by atoms with van der Waals surface area (Å²) in [6, 6.07) is 8.72. The Morgan fingerprint density at radius 3 is 2.87 bits per heavy atom. The van der Waals surface area contributed by atoms with Gasteiger partial charge in [0.15, 0.2) is 17.6 Å². The molecule has 3 rings (SSSR count). The van der Waals surface area contributed by atoms with Crippen molar-refractivity contribution in [2.24, 2.45) is 0 Å². The number of aryl methyl sites for hydroxylation is 1. The average molecular weight is 314 g/mol. The minimum Gasteiger partial charge on any atom is -0.448 e. The summed E-state index contributed by atoms with van der Waals surface area (Å²) in [5, 5.41) is 13.5. The summed E-state index contributed by atoms with van der Waals surface area (Å²) in [6.07, 6.45) is -1.00. The van der Waals surface area contributed by atoms with Gasteiger partial charge in [0, 0.05) is 11.5 Å². The van der Waals surface area contributed by atoms with Gasteiger partial charge in [0.05, 0.1) is 5.52 Å². The molecule has 2 aromatic heterocycles. The zero-order chi connectivity index (χ0) is 16.4. The van der Waals surface area contributed by atoms with Gasteiger partial charge >= 0.3 is 5.97 Å². The first-order valence-electron chi connectivity index (χ1n) is 6.93. The average Bonchev–Trinajstić information content (AvgIpc) is 3.13. The Morgan fingerprint density at radius 2 is 2.13 bits per heavy atom. The molecule has 0 radical (unpaired) electrons. The van der Waals surface area contributed by atoms with E-state index in [-0.39, 0.29) is 11.5 Å². The van der Waals surface area contributed by atoms with Crippen LogP contribution in [0.1, 0.15) is 23.2 Å². The van der Waals surface area contributed by atoms with Crippen LogP contribution in [-0.4, -0.2) is 33.3 Å². The molecule has 118 valence electrons. The van der Waals surface area contributed by atoms with Gasteiger partial charge in [-0.15, -0.1) is 0 Å². The standard InChI is InChI=1S/C15H14N4O4/c1-8-7-12(19-23-8)16-14(20)9(2)22-15(21)13-10-5-3-4-6-11(10)17-18-13/h3-7,9H,1-2H3,(H,17,18)(H,16,19,20)/t9-/m1/s1. The lowest BCUT2D eigenvalue weighted by molar-refractivity contribution is -0.123. The van der Waals surface area contributed by atoms with E-state index in [1.54, 1.807) is 31.2 Å². The Bertz CT molecular complexity index is 867. The van der Waals surface area contributed by atoms with Crippen LogP contribution in [0.2, 0.25) is 0 Å². The predicted molar refractivity (Wildman–Crippen MR) is 80.8 cm³/mol. The second-order valence-corrected chi connectivity index (χ2v) is 4.98. The van der Waals surface area contributed by atoms with Crippen LogP contribution in [0.15, 0.2) is 34.9 Å². The third-order valence-electron chi connectivity index (χ3n) is 3.20. The number of H-pyrrole nitrogens is 1. The fraction of sp³-hybridized carbons (Fsp3) is 0.200. The normalized spacial score (nSPS) is 12.1. The smallest absolute Gasteiger partial charge is 0.360 e. The van der Waals surface area contributed by atoms with Crippen LogP contribution in [0.4, 0.5) is 5.82 Å². The summed E-state index contributed by atoms with van der Waals surface area (Å²) in [4.78, 5) is 24.2. The number of carbonyl (C=O) groups is 2. The summed E-state index contributed by atoms with van der Waals surface area (Å²) >= 11 is 0. The molecule has 2 N–H and O–H groups in total. The van der Waals surface area contributed by atoms with Crippen LogP contribution in [0.25, 0.3) is 10.9 Å². The Balaban J connectivity index is 1.68. The lowest BCUT2D eigenvalue weighted by Gasteiger charge is -2.11. The summed E-state index contributed by atoms with van der Waals surface area (Å²) in [5.41, 5.74) is 0.854. The molecule has 2 heterocycles. The number of rotatable bonds is 4. The number of benzene rings is 1. The molecule has 1 amide bonds. The summed E-state index contributed by atoms with van der Waals surface area (Å²) < 4.78 is 10.00. The van der Waals surface area contributed by atoms with E-state index >= 15 is 0 Å². The van der Waals surface area contributed by atoms with Crippen LogP contribution >= 0.6 is 0 Å². The number of ether oxygens (including phenoxy) is 1. The molecule has 23 heavy (non-hydrogen) atoms. The number of aromatic nitrogens is 3. The van der Waals surface area contributed by atoms with Gasteiger partial charge in [0.25, 0.3) is 5.91 Å². The summed E-state index contributed by atoms with van der Waals surface area (Å²) in [6.45, 7) is 3.17. The van der Waals surface area contributed by atoms with Gasteiger partial charge in [-0.1, -0.05) is 23.4 Å². The highest BCUT2D eigenvalue weighted by atomic mass is 16.5. The number of hydrogen-bond donors (Lipinski definition) is 2. The maximum Gasteiger partial charge on any atom is 0.360 e. The van der Waals surface area contributed by atoms with Crippen molar-refractivity contribution in [1.29, 1.82) is 0 Å². The number of para-hydroxylation sites is 1. The Hall–Kier alpha value is -3.16. The third-order valence-corrected chi connectivity index (χ3v) is 3.20. The van der Waals surface area contributed by atoms with Crippen LogP contribution in [0.3, 0.4) is 0 Å². The second-order valence-electron chi connectivity index (χ2n) is 4.98. The van der Waals surface area contributed by atoms with Crippen molar-refractivity contribution in [2.75, 3.05) is 5.32 Å². The molecular weight excluding hydrogens is 300 g/mol. The van der Waals surface area contributed by atoms with Crippen molar-refractivity contribution in [1.82, 2.24) is 15.4 Å². The van der Waals surface area contributed by atoms with Crippen molar-refractivity contribution in [2.45, 2.75) is 20.0 Å². The van der Waals surface area contributed by atoms with E-state index in [2.05, 4.69) is 20.7 Å². The van der Waals surface area contributed by atoms with Gasteiger partial charge < -0.3 is 14.6 Å². The number of esters is 1. The molecule has 8 heteroatoms. The van der Waals surface area contributed by atoms with Crippen LogP contribution in [0, 0.1) is 6.92 Å². The van der Waals surface area contributed by atoms with Gasteiger partial charge in [0.2, 0.25) is 0 Å². The first-order valence-corrected chi connectivity index (χ1v) is 6.93. The molecule has 1 atom stereocenters. The van der Waals surface area contributed by atoms with E-state index in [1.807, 2.05) is 6.07 Å². The Labute approximate surface area is 130 Å². The van der Waals surface area contributed by atoms with Crippen LogP contribution < -0.4 is 5.32 Å². The molecule has 0 aliphatic rings. The first kappa shape index (κ1) is 14.8. The second kappa shape index (κ2) is 5.91. The van der Waals surface area contributed by atoms with Crippen molar-refractivity contribution in [3.63, 3.8) is 0 Å². The lowest BCUT2D eigenvalue weighted by atomic mass is 10.2. The zero-order valence-corrected chi connectivity index (χ0v) is 12.5. The van der Waals surface area contributed by atoms with Gasteiger partial charge in [-0.05, 0) is 19.9 Å². The topological polar surface area (TPSA) is 110 Å². The predicted octanol–water partition coefficient (Wildman–Crippen LogP) is 2.04. The van der Waals surface area contributed by atoms with E-state index in [4.69, 9.17) is 9.26 Å². The van der Waals surface area contributed by atoms with Crippen molar-refractivity contribution in [3.8, 4) is 0 Å². The van der Waals surface area contributed by atoms with Crippen molar-refractivity contribution < 1.29 is 18.8 Å². The number of hydrogen-bond acceptors (Lipinski definition) is 6. The molecule has 0 aliphatic carbocycles. The molecule has 0 unspecified atom stereocenters. The number of aromatic amines is 1. The number of fused-ring (bicyclic) bond motifs is 1. The quantitative estimate of drug-likeness (QED) is 0.713. The van der Waals surface area contributed by atoms with Crippen molar-refractivity contribution >= 4 is 28.6 Å². The highest BCUT2D eigenvalue weighted by Crippen LogP contribution is 2.16. The van der Waals surface area contributed by atoms with Gasteiger partial charge in [-0.3, -0.25) is 9.89 Å². The molecule has 0 saturated carbocycles. The molecule has 0 aliphatic heterocycles. The van der Waals surface area contributed by atoms with E-state index in [0.29, 0.717) is 11.1 Å². The molecule has 0 bridgehead atoms. The maximum atomic E-state index is 12.2. The minimum absolute atomic E-state index is 0.137. The fourth-order valence-electron chi connectivity index (χ4n) is 2.04. The van der Waals surface area contributed by atoms with E-state index in [0.717, 1.165) is 5.52 Å². The number of nitrogens with one attached hydrogen (secondary N) is 2. The van der Waals surface area contributed by atoms with Crippen molar-refractivity contribution in [3.05, 3.63) is 41.8 Å². The lowest BCUT2D eigenvalue weighted by Crippen LogP contribution is -2.30. The highest BCUT2D eigenvalue weighted by Gasteiger charge is 2.22. The van der Waals surface area contributed by atoms with E-state index < -0.39 is 18.0 Å². The summed E-state index contributed by atoms with van der Waals surface area (Å²) in [5.74, 6) is -0.360. The maximum absolute atomic E-state index is 12.2. The zero-order valence-electron chi connectivity index (χ0n) is 12.5. The van der Waals surface area contributed by atoms with Gasteiger partial charge in [-0.2, -0.15) is 5.10 Å².